The summed E-state index contributed by atoms with van der Waals surface area (Å²) in [6, 6.07) is 0. The fourth-order valence-electron chi connectivity index (χ4n) is 10.5. The van der Waals surface area contributed by atoms with Crippen molar-refractivity contribution in [3.8, 4) is 0 Å². The number of allylic oxidation sites excluding steroid dienone is 4. The number of esters is 3. The molecule has 0 heterocycles. The summed E-state index contributed by atoms with van der Waals surface area (Å²) in [5, 5.41) is 0. The molecular formula is C70H132O6. The Bertz CT molecular complexity index is 1230. The quantitative estimate of drug-likeness (QED) is 0.0261. The average molecular weight is 1070 g/mol. The fraction of sp³-hybridized carbons (Fsp3) is 0.900. The van der Waals surface area contributed by atoms with Crippen molar-refractivity contribution in [2.24, 2.45) is 0 Å². The molecule has 448 valence electrons. The minimum absolute atomic E-state index is 0.0678. The number of carbonyl (C=O) groups is 3. The van der Waals surface area contributed by atoms with Crippen LogP contribution in [0.5, 0.6) is 0 Å². The van der Waals surface area contributed by atoms with Gasteiger partial charge in [-0.3, -0.25) is 14.4 Å². The Morgan fingerprint density at radius 1 is 0.250 bits per heavy atom. The Labute approximate surface area is 474 Å². The third-order valence-electron chi connectivity index (χ3n) is 15.7. The smallest absolute Gasteiger partial charge is 0.306 e. The highest BCUT2D eigenvalue weighted by atomic mass is 16.6. The monoisotopic (exact) mass is 1070 g/mol. The molecule has 0 amide bonds. The van der Waals surface area contributed by atoms with Crippen LogP contribution in [0, 0.1) is 0 Å². The van der Waals surface area contributed by atoms with Gasteiger partial charge in [-0.05, 0) is 64.2 Å². The lowest BCUT2D eigenvalue weighted by Gasteiger charge is -2.18. The molecule has 0 aromatic carbocycles. The molecule has 1 unspecified atom stereocenters. The first-order valence-corrected chi connectivity index (χ1v) is 34.3. The standard InChI is InChI=1S/C70H132O6/c1-4-7-10-13-16-19-22-24-26-28-29-30-31-32-33-34-35-36-37-38-39-40-41-43-44-46-48-51-54-57-60-63-69(72)75-66-67(65-74-68(71)62-59-56-53-50-21-18-15-12-9-6-3)76-70(73)64-61-58-55-52-49-47-45-42-27-25-23-20-17-14-11-8-5-2/h12,15,28-29,67H,4-11,13-14,16-27,30-66H2,1-3H3/b15-12-,29-28-. The lowest BCUT2D eigenvalue weighted by molar-refractivity contribution is -0.167. The van der Waals surface area contributed by atoms with E-state index in [9.17, 15) is 14.4 Å². The molecule has 0 spiro atoms. The van der Waals surface area contributed by atoms with Crippen LogP contribution in [0.25, 0.3) is 0 Å². The van der Waals surface area contributed by atoms with E-state index in [2.05, 4.69) is 45.1 Å². The summed E-state index contributed by atoms with van der Waals surface area (Å²) in [5.74, 6) is -0.851. The number of hydrogen-bond acceptors (Lipinski definition) is 6. The number of ether oxygens (including phenoxy) is 3. The van der Waals surface area contributed by atoms with Gasteiger partial charge in [-0.25, -0.2) is 0 Å². The van der Waals surface area contributed by atoms with Gasteiger partial charge in [0.25, 0.3) is 0 Å². The first-order valence-electron chi connectivity index (χ1n) is 34.3. The van der Waals surface area contributed by atoms with Gasteiger partial charge in [-0.2, -0.15) is 0 Å². The van der Waals surface area contributed by atoms with Crippen molar-refractivity contribution >= 4 is 17.9 Å². The van der Waals surface area contributed by atoms with Crippen LogP contribution in [-0.4, -0.2) is 37.2 Å². The molecule has 0 aromatic rings. The first kappa shape index (κ1) is 73.9. The molecule has 0 aliphatic heterocycles. The largest absolute Gasteiger partial charge is 0.462 e. The highest BCUT2D eigenvalue weighted by Crippen LogP contribution is 2.18. The van der Waals surface area contributed by atoms with Crippen LogP contribution in [0.15, 0.2) is 24.3 Å². The summed E-state index contributed by atoms with van der Waals surface area (Å²) in [7, 11) is 0. The molecule has 76 heavy (non-hydrogen) atoms. The van der Waals surface area contributed by atoms with Crippen LogP contribution >= 0.6 is 0 Å². The summed E-state index contributed by atoms with van der Waals surface area (Å²) in [5.41, 5.74) is 0. The summed E-state index contributed by atoms with van der Waals surface area (Å²) in [6.45, 7) is 6.64. The van der Waals surface area contributed by atoms with Crippen molar-refractivity contribution in [3.05, 3.63) is 24.3 Å². The second kappa shape index (κ2) is 65.4. The third kappa shape index (κ3) is 62.7. The topological polar surface area (TPSA) is 78.9 Å². The molecule has 0 saturated carbocycles. The van der Waals surface area contributed by atoms with Crippen LogP contribution in [0.2, 0.25) is 0 Å². The van der Waals surface area contributed by atoms with Gasteiger partial charge in [0.05, 0.1) is 0 Å². The van der Waals surface area contributed by atoms with Crippen molar-refractivity contribution in [2.75, 3.05) is 13.2 Å². The van der Waals surface area contributed by atoms with Gasteiger partial charge in [-0.15, -0.1) is 0 Å². The first-order chi connectivity index (χ1) is 37.5. The van der Waals surface area contributed by atoms with E-state index in [-0.39, 0.29) is 31.1 Å². The van der Waals surface area contributed by atoms with Gasteiger partial charge in [0, 0.05) is 19.3 Å². The van der Waals surface area contributed by atoms with Crippen LogP contribution in [0.4, 0.5) is 0 Å². The van der Waals surface area contributed by atoms with E-state index in [1.807, 2.05) is 0 Å². The summed E-state index contributed by atoms with van der Waals surface area (Å²) >= 11 is 0. The predicted octanol–water partition coefficient (Wildman–Crippen LogP) is 23.4. The van der Waals surface area contributed by atoms with Crippen molar-refractivity contribution in [1.29, 1.82) is 0 Å². The fourth-order valence-corrected chi connectivity index (χ4v) is 10.5. The molecule has 0 bridgehead atoms. The van der Waals surface area contributed by atoms with Gasteiger partial charge in [-0.1, -0.05) is 328 Å². The highest BCUT2D eigenvalue weighted by molar-refractivity contribution is 5.71. The van der Waals surface area contributed by atoms with E-state index in [0.717, 1.165) is 70.6 Å². The van der Waals surface area contributed by atoms with Gasteiger partial charge in [0.2, 0.25) is 0 Å². The van der Waals surface area contributed by atoms with Gasteiger partial charge < -0.3 is 14.2 Å². The molecule has 0 aromatic heterocycles. The molecule has 0 saturated heterocycles. The Morgan fingerprint density at radius 3 is 0.711 bits per heavy atom. The van der Waals surface area contributed by atoms with Crippen LogP contribution in [0.1, 0.15) is 387 Å². The number of rotatable bonds is 64. The Kier molecular flexibility index (Phi) is 63.6. The summed E-state index contributed by atoms with van der Waals surface area (Å²) < 4.78 is 16.9. The van der Waals surface area contributed by atoms with Crippen molar-refractivity contribution in [3.63, 3.8) is 0 Å². The molecule has 0 radical (unpaired) electrons. The summed E-state index contributed by atoms with van der Waals surface area (Å²) in [6.07, 6.45) is 79.4. The third-order valence-corrected chi connectivity index (χ3v) is 15.7. The van der Waals surface area contributed by atoms with E-state index in [0.29, 0.717) is 19.3 Å². The lowest BCUT2D eigenvalue weighted by Crippen LogP contribution is -2.30. The Hall–Kier alpha value is -2.11. The number of unbranched alkanes of at least 4 members (excludes halogenated alkanes) is 49. The van der Waals surface area contributed by atoms with Crippen molar-refractivity contribution < 1.29 is 28.6 Å². The molecular weight excluding hydrogens is 937 g/mol. The van der Waals surface area contributed by atoms with Gasteiger partial charge >= 0.3 is 17.9 Å². The SMILES string of the molecule is CCC/C=C\CCCCCCCC(=O)OCC(COC(=O)CCCCCCCCCCCCCCCCCCCCC/C=C\CCCCCCCCCC)OC(=O)CCCCCCCCCCCCCCCCCCC. The molecule has 0 fully saturated rings. The average Bonchev–Trinajstić information content (AvgIpc) is 3.42. The van der Waals surface area contributed by atoms with Crippen LogP contribution in [-0.2, 0) is 28.6 Å². The summed E-state index contributed by atoms with van der Waals surface area (Å²) in [4.78, 5) is 38.2. The molecule has 0 N–H and O–H groups in total. The molecule has 6 nitrogen and oxygen atoms in total. The lowest BCUT2D eigenvalue weighted by atomic mass is 10.0. The maximum absolute atomic E-state index is 12.9. The maximum atomic E-state index is 12.9. The zero-order valence-electron chi connectivity index (χ0n) is 51.6. The Balaban J connectivity index is 4.06. The van der Waals surface area contributed by atoms with Gasteiger partial charge in [0.15, 0.2) is 6.10 Å². The Morgan fingerprint density at radius 2 is 0.461 bits per heavy atom. The molecule has 6 heteroatoms. The second-order valence-electron chi connectivity index (χ2n) is 23.4. The number of hydrogen-bond donors (Lipinski definition) is 0. The molecule has 0 aliphatic rings. The maximum Gasteiger partial charge on any atom is 0.306 e. The van der Waals surface area contributed by atoms with E-state index in [1.165, 1.54) is 276 Å². The highest BCUT2D eigenvalue weighted by Gasteiger charge is 2.19. The second-order valence-corrected chi connectivity index (χ2v) is 23.4. The van der Waals surface area contributed by atoms with E-state index in [4.69, 9.17) is 14.2 Å². The van der Waals surface area contributed by atoms with Crippen molar-refractivity contribution in [1.82, 2.24) is 0 Å². The van der Waals surface area contributed by atoms with Crippen LogP contribution < -0.4 is 0 Å². The molecule has 0 aliphatic carbocycles. The predicted molar refractivity (Wildman–Crippen MR) is 330 cm³/mol. The normalized spacial score (nSPS) is 12.1. The zero-order chi connectivity index (χ0) is 55.0. The minimum atomic E-state index is -0.770. The van der Waals surface area contributed by atoms with Crippen molar-refractivity contribution in [2.45, 2.75) is 393 Å². The minimum Gasteiger partial charge on any atom is -0.462 e. The molecule has 0 rings (SSSR count). The van der Waals surface area contributed by atoms with E-state index in [1.54, 1.807) is 0 Å². The van der Waals surface area contributed by atoms with Crippen LogP contribution in [0.3, 0.4) is 0 Å². The van der Waals surface area contributed by atoms with E-state index >= 15 is 0 Å². The number of carbonyl (C=O) groups excluding carboxylic acids is 3. The van der Waals surface area contributed by atoms with Gasteiger partial charge in [0.1, 0.15) is 13.2 Å². The zero-order valence-corrected chi connectivity index (χ0v) is 51.6. The molecule has 1 atom stereocenters. The van der Waals surface area contributed by atoms with E-state index < -0.39 is 6.10 Å².